The van der Waals surface area contributed by atoms with E-state index in [0.29, 0.717) is 5.92 Å². The quantitative estimate of drug-likeness (QED) is 0.830. The molecule has 0 aliphatic carbocycles. The van der Waals surface area contributed by atoms with E-state index >= 15 is 0 Å². The Morgan fingerprint density at radius 2 is 2.06 bits per heavy atom. The Kier molecular flexibility index (Phi) is 3.53. The summed E-state index contributed by atoms with van der Waals surface area (Å²) in [6, 6.07) is 6.69. The van der Waals surface area contributed by atoms with Crippen LogP contribution in [0, 0.1) is 12.8 Å². The number of nitrogens with one attached hydrogen (secondary N) is 1. The van der Waals surface area contributed by atoms with Crippen LogP contribution in [0.3, 0.4) is 0 Å². The van der Waals surface area contributed by atoms with Crippen molar-refractivity contribution in [3.8, 4) is 0 Å². The number of aromatic nitrogens is 1. The maximum atomic E-state index is 6.18. The van der Waals surface area contributed by atoms with Crippen molar-refractivity contribution >= 4 is 10.9 Å². The Morgan fingerprint density at radius 3 is 2.76 bits per heavy atom. The standard InChI is InChI=1S/C15H22N2/c1-10(2)7-13(16)8-12-9-17-15-11(3)5-4-6-14(12)15/h4-6,9-10,13,17H,7-8,16H2,1-3H3/t13-/m1/s1. The first-order valence-corrected chi connectivity index (χ1v) is 6.39. The van der Waals surface area contributed by atoms with Crippen molar-refractivity contribution in [2.45, 2.75) is 39.7 Å². The normalized spacial score (nSPS) is 13.5. The molecule has 0 aliphatic rings. The molecule has 0 saturated carbocycles. The number of hydrogen-bond acceptors (Lipinski definition) is 1. The highest BCUT2D eigenvalue weighted by Crippen LogP contribution is 2.22. The third-order valence-corrected chi connectivity index (χ3v) is 3.27. The number of para-hydroxylation sites is 1. The predicted octanol–water partition coefficient (Wildman–Crippen LogP) is 3.39. The predicted molar refractivity (Wildman–Crippen MR) is 74.2 cm³/mol. The van der Waals surface area contributed by atoms with Crippen molar-refractivity contribution in [1.82, 2.24) is 4.98 Å². The summed E-state index contributed by atoms with van der Waals surface area (Å²) in [6.45, 7) is 6.58. The molecule has 0 saturated heterocycles. The van der Waals surface area contributed by atoms with Gasteiger partial charge in [-0.05, 0) is 36.8 Å². The molecule has 1 atom stereocenters. The fourth-order valence-corrected chi connectivity index (χ4v) is 2.50. The molecule has 0 spiro atoms. The zero-order chi connectivity index (χ0) is 12.4. The van der Waals surface area contributed by atoms with Crippen LogP contribution >= 0.6 is 0 Å². The van der Waals surface area contributed by atoms with Gasteiger partial charge in [0.2, 0.25) is 0 Å². The molecule has 2 rings (SSSR count). The fourth-order valence-electron chi connectivity index (χ4n) is 2.50. The molecule has 0 bridgehead atoms. The highest BCUT2D eigenvalue weighted by molar-refractivity contribution is 5.85. The van der Waals surface area contributed by atoms with E-state index < -0.39 is 0 Å². The summed E-state index contributed by atoms with van der Waals surface area (Å²) in [5, 5.41) is 1.32. The van der Waals surface area contributed by atoms with Gasteiger partial charge in [0.1, 0.15) is 0 Å². The topological polar surface area (TPSA) is 41.8 Å². The molecule has 0 radical (unpaired) electrons. The van der Waals surface area contributed by atoms with E-state index in [-0.39, 0.29) is 6.04 Å². The molecule has 2 heteroatoms. The summed E-state index contributed by atoms with van der Waals surface area (Å²) in [7, 11) is 0. The first-order valence-electron chi connectivity index (χ1n) is 6.39. The second-order valence-corrected chi connectivity index (χ2v) is 5.41. The Morgan fingerprint density at radius 1 is 1.29 bits per heavy atom. The van der Waals surface area contributed by atoms with Crippen LogP contribution in [0.15, 0.2) is 24.4 Å². The van der Waals surface area contributed by atoms with E-state index in [1.54, 1.807) is 0 Å². The number of fused-ring (bicyclic) bond motifs is 1. The number of nitrogens with two attached hydrogens (primary N) is 1. The summed E-state index contributed by atoms with van der Waals surface area (Å²) in [6.07, 6.45) is 4.15. The molecule has 1 heterocycles. The zero-order valence-electron chi connectivity index (χ0n) is 11.0. The number of aromatic amines is 1. The van der Waals surface area contributed by atoms with Gasteiger partial charge >= 0.3 is 0 Å². The van der Waals surface area contributed by atoms with Crippen LogP contribution in [0.25, 0.3) is 10.9 Å². The molecule has 3 N–H and O–H groups in total. The lowest BCUT2D eigenvalue weighted by Crippen LogP contribution is -2.24. The van der Waals surface area contributed by atoms with Gasteiger partial charge in [0.15, 0.2) is 0 Å². The molecule has 92 valence electrons. The zero-order valence-corrected chi connectivity index (χ0v) is 11.0. The van der Waals surface area contributed by atoms with Crippen LogP contribution in [0.5, 0.6) is 0 Å². The van der Waals surface area contributed by atoms with Crippen molar-refractivity contribution in [1.29, 1.82) is 0 Å². The van der Waals surface area contributed by atoms with Crippen molar-refractivity contribution in [3.63, 3.8) is 0 Å². The van der Waals surface area contributed by atoms with Crippen LogP contribution in [-0.2, 0) is 6.42 Å². The maximum absolute atomic E-state index is 6.18. The third-order valence-electron chi connectivity index (χ3n) is 3.27. The molecule has 2 nitrogen and oxygen atoms in total. The van der Waals surface area contributed by atoms with Gasteiger partial charge in [-0.15, -0.1) is 0 Å². The number of aryl methyl sites for hydroxylation is 1. The summed E-state index contributed by atoms with van der Waals surface area (Å²) < 4.78 is 0. The minimum Gasteiger partial charge on any atom is -0.361 e. The number of rotatable bonds is 4. The lowest BCUT2D eigenvalue weighted by Gasteiger charge is -2.13. The molecular formula is C15H22N2. The smallest absolute Gasteiger partial charge is 0.0486 e. The minimum atomic E-state index is 0.259. The van der Waals surface area contributed by atoms with Gasteiger partial charge in [0.25, 0.3) is 0 Å². The first kappa shape index (κ1) is 12.2. The summed E-state index contributed by atoms with van der Waals surface area (Å²) in [4.78, 5) is 3.36. The molecule has 0 fully saturated rings. The number of H-pyrrole nitrogens is 1. The van der Waals surface area contributed by atoms with Gasteiger partial charge in [-0.3, -0.25) is 0 Å². The van der Waals surface area contributed by atoms with Gasteiger partial charge in [-0.2, -0.15) is 0 Å². The Bertz CT molecular complexity index is 497. The van der Waals surface area contributed by atoms with E-state index in [2.05, 4.69) is 50.2 Å². The average molecular weight is 230 g/mol. The minimum absolute atomic E-state index is 0.259. The van der Waals surface area contributed by atoms with E-state index in [0.717, 1.165) is 12.8 Å². The van der Waals surface area contributed by atoms with Crippen molar-refractivity contribution in [2.75, 3.05) is 0 Å². The molecule has 2 aromatic rings. The first-order chi connectivity index (χ1) is 8.08. The molecule has 17 heavy (non-hydrogen) atoms. The summed E-state index contributed by atoms with van der Waals surface area (Å²) in [5.41, 5.74) is 10.1. The van der Waals surface area contributed by atoms with Gasteiger partial charge in [0, 0.05) is 23.1 Å². The Balaban J connectivity index is 2.22. The van der Waals surface area contributed by atoms with Gasteiger partial charge in [0.05, 0.1) is 0 Å². The van der Waals surface area contributed by atoms with Gasteiger partial charge < -0.3 is 10.7 Å². The monoisotopic (exact) mass is 230 g/mol. The van der Waals surface area contributed by atoms with Gasteiger partial charge in [-0.1, -0.05) is 32.0 Å². The summed E-state index contributed by atoms with van der Waals surface area (Å²) >= 11 is 0. The third kappa shape index (κ3) is 2.70. The summed E-state index contributed by atoms with van der Waals surface area (Å²) in [5.74, 6) is 0.664. The molecule has 0 unspecified atom stereocenters. The lowest BCUT2D eigenvalue weighted by molar-refractivity contribution is 0.494. The van der Waals surface area contributed by atoms with Crippen molar-refractivity contribution in [2.24, 2.45) is 11.7 Å². The molecule has 0 aliphatic heterocycles. The van der Waals surface area contributed by atoms with E-state index in [1.807, 2.05) is 0 Å². The maximum Gasteiger partial charge on any atom is 0.0486 e. The number of hydrogen-bond donors (Lipinski definition) is 2. The van der Waals surface area contributed by atoms with E-state index in [4.69, 9.17) is 5.73 Å². The highest BCUT2D eigenvalue weighted by Gasteiger charge is 2.10. The second kappa shape index (κ2) is 4.92. The highest BCUT2D eigenvalue weighted by atomic mass is 14.7. The van der Waals surface area contributed by atoms with Gasteiger partial charge in [-0.25, -0.2) is 0 Å². The number of benzene rings is 1. The van der Waals surface area contributed by atoms with E-state index in [1.165, 1.54) is 22.0 Å². The largest absolute Gasteiger partial charge is 0.361 e. The molecular weight excluding hydrogens is 208 g/mol. The second-order valence-electron chi connectivity index (χ2n) is 5.41. The van der Waals surface area contributed by atoms with Crippen molar-refractivity contribution in [3.05, 3.63) is 35.5 Å². The molecule has 1 aromatic heterocycles. The van der Waals surface area contributed by atoms with Crippen molar-refractivity contribution < 1.29 is 0 Å². The van der Waals surface area contributed by atoms with Crippen LogP contribution in [-0.4, -0.2) is 11.0 Å². The van der Waals surface area contributed by atoms with Crippen LogP contribution in [0.1, 0.15) is 31.4 Å². The molecule has 1 aromatic carbocycles. The van der Waals surface area contributed by atoms with E-state index in [9.17, 15) is 0 Å². The average Bonchev–Trinajstić information content (AvgIpc) is 2.62. The fraction of sp³-hybridized carbons (Fsp3) is 0.467. The van der Waals surface area contributed by atoms with Crippen LogP contribution in [0.4, 0.5) is 0 Å². The SMILES string of the molecule is Cc1cccc2c(C[C@H](N)CC(C)C)c[nH]c12. The van der Waals surface area contributed by atoms with Crippen LogP contribution in [0.2, 0.25) is 0 Å². The Labute approximate surface area is 103 Å². The Hall–Kier alpha value is -1.28. The lowest BCUT2D eigenvalue weighted by atomic mass is 9.97. The molecule has 0 amide bonds. The van der Waals surface area contributed by atoms with Crippen LogP contribution < -0.4 is 5.73 Å².